The molecule has 2 rings (SSSR count). The van der Waals surface area contributed by atoms with E-state index >= 15 is 0 Å². The molecule has 0 heterocycles. The van der Waals surface area contributed by atoms with E-state index in [0.29, 0.717) is 0 Å². The van der Waals surface area contributed by atoms with Gasteiger partial charge in [-0.15, -0.1) is 23.5 Å². The first-order valence-corrected chi connectivity index (χ1v) is 7.05. The Morgan fingerprint density at radius 1 is 0.765 bits per heavy atom. The summed E-state index contributed by atoms with van der Waals surface area (Å²) in [6.45, 7) is 0. The Morgan fingerprint density at radius 3 is 1.65 bits per heavy atom. The number of phenols is 2. The number of aromatic hydroxyl groups is 2. The zero-order valence-corrected chi connectivity index (χ0v) is 10.7. The van der Waals surface area contributed by atoms with Gasteiger partial charge in [-0.3, -0.25) is 0 Å². The monoisotopic (exact) mass is 264 g/mol. The molecule has 2 N–H and O–H groups in total. The van der Waals surface area contributed by atoms with E-state index in [4.69, 9.17) is 0 Å². The molecule has 2 nitrogen and oxygen atoms in total. The highest BCUT2D eigenvalue weighted by molar-refractivity contribution is 8.16. The van der Waals surface area contributed by atoms with Crippen LogP contribution in [0.4, 0.5) is 0 Å². The molecule has 0 amide bonds. The van der Waals surface area contributed by atoms with Crippen molar-refractivity contribution in [2.45, 2.75) is 9.79 Å². The Kier molecular flexibility index (Phi) is 4.23. The molecule has 0 saturated heterocycles. The maximum atomic E-state index is 9.31. The quantitative estimate of drug-likeness (QED) is 0.648. The van der Waals surface area contributed by atoms with Gasteiger partial charge in [-0.25, -0.2) is 0 Å². The number of phenolic OH excluding ortho intramolecular Hbond substituents is 2. The van der Waals surface area contributed by atoms with Gasteiger partial charge in [0.05, 0.1) is 0 Å². The van der Waals surface area contributed by atoms with Crippen LogP contribution in [0.1, 0.15) is 0 Å². The molecular weight excluding hydrogens is 252 g/mol. The van der Waals surface area contributed by atoms with Gasteiger partial charge in [0.15, 0.2) is 0 Å². The highest BCUT2D eigenvalue weighted by Crippen LogP contribution is 2.30. The molecule has 17 heavy (non-hydrogen) atoms. The second-order valence-electron chi connectivity index (χ2n) is 3.40. The fourth-order valence-corrected chi connectivity index (χ4v) is 3.39. The normalized spacial score (nSPS) is 10.4. The van der Waals surface area contributed by atoms with Gasteiger partial charge in [-0.1, -0.05) is 12.1 Å². The first kappa shape index (κ1) is 12.2. The van der Waals surface area contributed by atoms with Crippen molar-refractivity contribution < 1.29 is 10.2 Å². The van der Waals surface area contributed by atoms with Crippen molar-refractivity contribution in [3.8, 4) is 11.5 Å². The molecule has 0 atom stereocenters. The fraction of sp³-hybridized carbons (Fsp3) is 0.0769. The maximum absolute atomic E-state index is 9.31. The van der Waals surface area contributed by atoms with Gasteiger partial charge in [0.2, 0.25) is 0 Å². The molecular formula is C13H12O2S2. The van der Waals surface area contributed by atoms with E-state index in [1.807, 2.05) is 24.3 Å². The highest BCUT2D eigenvalue weighted by atomic mass is 32.2. The lowest BCUT2D eigenvalue weighted by Gasteiger charge is -2.03. The smallest absolute Gasteiger partial charge is 0.116 e. The fourth-order valence-electron chi connectivity index (χ4n) is 1.31. The molecule has 0 spiro atoms. The lowest BCUT2D eigenvalue weighted by atomic mass is 10.3. The molecule has 2 aromatic carbocycles. The van der Waals surface area contributed by atoms with E-state index in [1.165, 1.54) is 0 Å². The zero-order chi connectivity index (χ0) is 12.1. The summed E-state index contributed by atoms with van der Waals surface area (Å²) in [4.78, 5) is 2.08. The predicted molar refractivity (Wildman–Crippen MR) is 72.8 cm³/mol. The Morgan fingerprint density at radius 2 is 1.24 bits per heavy atom. The van der Waals surface area contributed by atoms with Crippen LogP contribution in [0.25, 0.3) is 0 Å². The molecule has 0 fully saturated rings. The standard InChI is InChI=1S/C13H12O2S2/c14-10-3-1-5-12(7-10)16-9-17-13-6-2-4-11(15)8-13/h1-8,14-15H,9H2. The number of benzene rings is 2. The average molecular weight is 264 g/mol. The van der Waals surface area contributed by atoms with Gasteiger partial charge in [0.1, 0.15) is 11.5 Å². The number of thioether (sulfide) groups is 2. The summed E-state index contributed by atoms with van der Waals surface area (Å²) in [6, 6.07) is 14.4. The van der Waals surface area contributed by atoms with Crippen LogP contribution >= 0.6 is 23.5 Å². The summed E-state index contributed by atoms with van der Waals surface area (Å²) in [6.07, 6.45) is 0. The van der Waals surface area contributed by atoms with Crippen LogP contribution in [-0.2, 0) is 0 Å². The van der Waals surface area contributed by atoms with E-state index in [-0.39, 0.29) is 11.5 Å². The van der Waals surface area contributed by atoms with E-state index in [1.54, 1.807) is 47.8 Å². The summed E-state index contributed by atoms with van der Waals surface area (Å²) in [5.41, 5.74) is 0. The highest BCUT2D eigenvalue weighted by Gasteiger charge is 1.98. The van der Waals surface area contributed by atoms with Crippen molar-refractivity contribution in [2.75, 3.05) is 5.08 Å². The van der Waals surface area contributed by atoms with Crippen molar-refractivity contribution in [3.05, 3.63) is 48.5 Å². The summed E-state index contributed by atoms with van der Waals surface area (Å²) in [5.74, 6) is 0.578. The van der Waals surface area contributed by atoms with Crippen molar-refractivity contribution in [2.24, 2.45) is 0 Å². The van der Waals surface area contributed by atoms with Gasteiger partial charge in [-0.05, 0) is 36.4 Å². The summed E-state index contributed by atoms with van der Waals surface area (Å²) in [7, 11) is 0. The first-order chi connectivity index (χ1) is 8.24. The lowest BCUT2D eigenvalue weighted by molar-refractivity contribution is 0.473. The predicted octanol–water partition coefficient (Wildman–Crippen LogP) is 3.94. The Balaban J connectivity index is 1.87. The average Bonchev–Trinajstić information content (AvgIpc) is 2.29. The van der Waals surface area contributed by atoms with Crippen LogP contribution in [0.15, 0.2) is 58.3 Å². The molecule has 0 unspecified atom stereocenters. The minimum Gasteiger partial charge on any atom is -0.508 e. The van der Waals surface area contributed by atoms with Gasteiger partial charge in [0.25, 0.3) is 0 Å². The number of hydrogen-bond donors (Lipinski definition) is 2. The summed E-state index contributed by atoms with van der Waals surface area (Å²) >= 11 is 3.31. The summed E-state index contributed by atoms with van der Waals surface area (Å²) < 4.78 is 0. The second kappa shape index (κ2) is 5.89. The van der Waals surface area contributed by atoms with Crippen molar-refractivity contribution >= 4 is 23.5 Å². The molecule has 0 radical (unpaired) electrons. The van der Waals surface area contributed by atoms with Crippen LogP contribution < -0.4 is 0 Å². The largest absolute Gasteiger partial charge is 0.508 e. The molecule has 0 saturated carbocycles. The number of rotatable bonds is 4. The molecule has 0 aliphatic heterocycles. The van der Waals surface area contributed by atoms with Gasteiger partial charge < -0.3 is 10.2 Å². The van der Waals surface area contributed by atoms with Gasteiger partial charge >= 0.3 is 0 Å². The molecule has 88 valence electrons. The van der Waals surface area contributed by atoms with E-state index in [2.05, 4.69) is 0 Å². The lowest BCUT2D eigenvalue weighted by Crippen LogP contribution is -1.75. The third-order valence-corrected chi connectivity index (χ3v) is 4.20. The van der Waals surface area contributed by atoms with Crippen LogP contribution in [0.5, 0.6) is 11.5 Å². The van der Waals surface area contributed by atoms with Crippen LogP contribution in [0.3, 0.4) is 0 Å². The molecule has 0 aliphatic rings. The second-order valence-corrected chi connectivity index (χ2v) is 5.86. The van der Waals surface area contributed by atoms with Crippen LogP contribution in [-0.4, -0.2) is 15.3 Å². The SMILES string of the molecule is Oc1cccc(SCSc2cccc(O)c2)c1. The minimum atomic E-state index is 0.289. The first-order valence-electron chi connectivity index (χ1n) is 5.08. The maximum Gasteiger partial charge on any atom is 0.116 e. The van der Waals surface area contributed by atoms with Crippen molar-refractivity contribution in [3.63, 3.8) is 0 Å². The minimum absolute atomic E-state index is 0.289. The Labute approximate surface area is 109 Å². The summed E-state index contributed by atoms with van der Waals surface area (Å²) in [5, 5.41) is 19.5. The van der Waals surface area contributed by atoms with E-state index in [0.717, 1.165) is 14.9 Å². The Bertz CT molecular complexity index is 455. The third kappa shape index (κ3) is 3.91. The van der Waals surface area contributed by atoms with Crippen LogP contribution in [0, 0.1) is 0 Å². The zero-order valence-electron chi connectivity index (χ0n) is 9.04. The Hall–Kier alpha value is -1.26. The van der Waals surface area contributed by atoms with Crippen molar-refractivity contribution in [1.82, 2.24) is 0 Å². The van der Waals surface area contributed by atoms with E-state index in [9.17, 15) is 10.2 Å². The molecule has 0 bridgehead atoms. The molecule has 0 aromatic heterocycles. The van der Waals surface area contributed by atoms with Crippen LogP contribution in [0.2, 0.25) is 0 Å². The third-order valence-electron chi connectivity index (χ3n) is 2.09. The molecule has 0 aliphatic carbocycles. The van der Waals surface area contributed by atoms with Crippen molar-refractivity contribution in [1.29, 1.82) is 0 Å². The van der Waals surface area contributed by atoms with Gasteiger partial charge in [-0.2, -0.15) is 0 Å². The molecule has 4 heteroatoms. The number of hydrogen-bond acceptors (Lipinski definition) is 4. The van der Waals surface area contributed by atoms with E-state index < -0.39 is 0 Å². The topological polar surface area (TPSA) is 40.5 Å². The van der Waals surface area contributed by atoms with Gasteiger partial charge in [0, 0.05) is 14.9 Å². The molecule has 2 aromatic rings.